The van der Waals surface area contributed by atoms with Gasteiger partial charge in [0.05, 0.1) is 0 Å². The highest BCUT2D eigenvalue weighted by Crippen LogP contribution is 2.29. The summed E-state index contributed by atoms with van der Waals surface area (Å²) in [5.74, 6) is 0.119. The first-order valence-electron chi connectivity index (χ1n) is 4.23. The summed E-state index contributed by atoms with van der Waals surface area (Å²) < 4.78 is 4.72. The quantitative estimate of drug-likeness (QED) is 0.422. The highest BCUT2D eigenvalue weighted by molar-refractivity contribution is 5.80. The maximum Gasteiger partial charge on any atom is 0.316 e. The Morgan fingerprint density at radius 1 is 1.45 bits per heavy atom. The van der Waals surface area contributed by atoms with E-state index in [4.69, 9.17) is 4.74 Å². The zero-order chi connectivity index (χ0) is 7.68. The second kappa shape index (κ2) is 2.68. The van der Waals surface area contributed by atoms with Gasteiger partial charge in [-0.25, -0.2) is 0 Å². The van der Waals surface area contributed by atoms with Gasteiger partial charge in [0.1, 0.15) is 12.5 Å². The van der Waals surface area contributed by atoms with E-state index in [0.29, 0.717) is 6.61 Å². The molecular formula is C9H12O2. The number of esters is 1. The van der Waals surface area contributed by atoms with Gasteiger partial charge in [0.2, 0.25) is 0 Å². The predicted molar refractivity (Wildman–Crippen MR) is 41.0 cm³/mol. The number of cyclic esters (lactones) is 1. The summed E-state index contributed by atoms with van der Waals surface area (Å²) in [5.41, 5.74) is 1.33. The number of hydrogen-bond donors (Lipinski definition) is 0. The molecule has 2 nitrogen and oxygen atoms in total. The molecule has 11 heavy (non-hydrogen) atoms. The molecule has 1 saturated heterocycles. The Hall–Kier alpha value is -0.790. The van der Waals surface area contributed by atoms with Gasteiger partial charge >= 0.3 is 5.97 Å². The van der Waals surface area contributed by atoms with E-state index in [1.165, 1.54) is 18.4 Å². The lowest BCUT2D eigenvalue weighted by molar-refractivity contribution is -0.165. The van der Waals surface area contributed by atoms with Crippen molar-refractivity contribution in [3.63, 3.8) is 0 Å². The summed E-state index contributed by atoms with van der Waals surface area (Å²) >= 11 is 0. The smallest absolute Gasteiger partial charge is 0.316 e. The monoisotopic (exact) mass is 152 g/mol. The summed E-state index contributed by atoms with van der Waals surface area (Å²) in [5, 5.41) is 0. The molecule has 0 bridgehead atoms. The van der Waals surface area contributed by atoms with Gasteiger partial charge in [0.25, 0.3) is 0 Å². The van der Waals surface area contributed by atoms with Crippen molar-refractivity contribution in [3.05, 3.63) is 11.6 Å². The molecule has 0 aromatic heterocycles. The lowest BCUT2D eigenvalue weighted by atomic mass is 9.88. The van der Waals surface area contributed by atoms with Crippen molar-refractivity contribution < 1.29 is 9.53 Å². The molecule has 0 N–H and O–H groups in total. The van der Waals surface area contributed by atoms with E-state index in [0.717, 1.165) is 12.8 Å². The van der Waals surface area contributed by atoms with E-state index in [-0.39, 0.29) is 11.9 Å². The molecule has 2 heteroatoms. The third-order valence-corrected chi connectivity index (χ3v) is 2.45. The fourth-order valence-corrected chi connectivity index (χ4v) is 1.67. The van der Waals surface area contributed by atoms with Gasteiger partial charge in [-0.3, -0.25) is 4.79 Å². The molecule has 2 aliphatic rings. The van der Waals surface area contributed by atoms with E-state index in [1.807, 2.05) is 0 Å². The molecule has 0 spiro atoms. The number of rotatable bonds is 1. The number of allylic oxidation sites excluding steroid dienone is 1. The molecule has 1 atom stereocenters. The Bertz CT molecular complexity index is 206. The van der Waals surface area contributed by atoms with Crippen LogP contribution in [0.4, 0.5) is 0 Å². The molecular weight excluding hydrogens is 140 g/mol. The van der Waals surface area contributed by atoms with E-state index >= 15 is 0 Å². The van der Waals surface area contributed by atoms with Crippen LogP contribution in [0.2, 0.25) is 0 Å². The largest absolute Gasteiger partial charge is 0.464 e. The van der Waals surface area contributed by atoms with Crippen molar-refractivity contribution >= 4 is 5.97 Å². The molecule has 1 aliphatic carbocycles. The van der Waals surface area contributed by atoms with Crippen LogP contribution in [-0.4, -0.2) is 12.6 Å². The summed E-state index contributed by atoms with van der Waals surface area (Å²) in [6.45, 7) is 0.630. The maximum atomic E-state index is 10.9. The molecule has 1 fully saturated rings. The minimum atomic E-state index is -0.0156. The Kier molecular flexibility index (Phi) is 1.68. The normalized spacial score (nSPS) is 30.4. The molecule has 0 aromatic rings. The predicted octanol–water partition coefficient (Wildman–Crippen LogP) is 1.66. The van der Waals surface area contributed by atoms with Crippen LogP contribution in [0.5, 0.6) is 0 Å². The number of carbonyl (C=O) groups excluding carboxylic acids is 1. The second-order valence-electron chi connectivity index (χ2n) is 3.21. The van der Waals surface area contributed by atoms with Crippen molar-refractivity contribution in [1.82, 2.24) is 0 Å². The Morgan fingerprint density at radius 3 is 2.82 bits per heavy atom. The lowest BCUT2D eigenvalue weighted by Crippen LogP contribution is -2.36. The second-order valence-corrected chi connectivity index (χ2v) is 3.21. The van der Waals surface area contributed by atoms with Gasteiger partial charge in [0.15, 0.2) is 0 Å². The molecule has 2 rings (SSSR count). The van der Waals surface area contributed by atoms with Crippen molar-refractivity contribution in [2.75, 3.05) is 6.61 Å². The minimum absolute atomic E-state index is 0.0156. The van der Waals surface area contributed by atoms with Crippen LogP contribution in [0.25, 0.3) is 0 Å². The fourth-order valence-electron chi connectivity index (χ4n) is 1.67. The molecule has 1 heterocycles. The number of hydrogen-bond acceptors (Lipinski definition) is 2. The molecule has 0 amide bonds. The summed E-state index contributed by atoms with van der Waals surface area (Å²) in [6, 6.07) is 0. The van der Waals surface area contributed by atoms with E-state index < -0.39 is 0 Å². The van der Waals surface area contributed by atoms with Crippen molar-refractivity contribution in [1.29, 1.82) is 0 Å². The zero-order valence-electron chi connectivity index (χ0n) is 6.51. The van der Waals surface area contributed by atoms with E-state index in [2.05, 4.69) is 6.08 Å². The molecule has 1 aliphatic heterocycles. The third-order valence-electron chi connectivity index (χ3n) is 2.45. The van der Waals surface area contributed by atoms with Crippen LogP contribution in [-0.2, 0) is 9.53 Å². The van der Waals surface area contributed by atoms with Crippen LogP contribution >= 0.6 is 0 Å². The van der Waals surface area contributed by atoms with Crippen LogP contribution in [0.15, 0.2) is 11.6 Å². The highest BCUT2D eigenvalue weighted by atomic mass is 16.6. The van der Waals surface area contributed by atoms with Gasteiger partial charge in [-0.05, 0) is 25.7 Å². The average molecular weight is 152 g/mol. The number of carbonyl (C=O) groups is 1. The lowest BCUT2D eigenvalue weighted by Gasteiger charge is -2.28. The molecule has 0 saturated carbocycles. The first-order chi connectivity index (χ1) is 5.38. The molecule has 0 aromatic carbocycles. The first-order valence-corrected chi connectivity index (χ1v) is 4.23. The van der Waals surface area contributed by atoms with Gasteiger partial charge in [-0.2, -0.15) is 0 Å². The SMILES string of the molecule is O=C1OCC1C1=CCCCC1. The van der Waals surface area contributed by atoms with Gasteiger partial charge < -0.3 is 4.74 Å². The van der Waals surface area contributed by atoms with E-state index in [9.17, 15) is 4.79 Å². The van der Waals surface area contributed by atoms with Crippen LogP contribution < -0.4 is 0 Å². The third kappa shape index (κ3) is 1.17. The first kappa shape index (κ1) is 6.89. The summed E-state index contributed by atoms with van der Waals surface area (Å²) in [7, 11) is 0. The van der Waals surface area contributed by atoms with E-state index in [1.54, 1.807) is 0 Å². The van der Waals surface area contributed by atoms with Crippen LogP contribution in [0.1, 0.15) is 25.7 Å². The van der Waals surface area contributed by atoms with Crippen molar-refractivity contribution in [3.8, 4) is 0 Å². The average Bonchev–Trinajstić information content (AvgIpc) is 2.04. The standard InChI is InChI=1S/C9H12O2/c10-9-8(6-11-9)7-4-2-1-3-5-7/h4,8H,1-3,5-6H2. The topological polar surface area (TPSA) is 26.3 Å². The van der Waals surface area contributed by atoms with Crippen LogP contribution in [0, 0.1) is 5.92 Å². The summed E-state index contributed by atoms with van der Waals surface area (Å²) in [6.07, 6.45) is 7.01. The van der Waals surface area contributed by atoms with Crippen molar-refractivity contribution in [2.45, 2.75) is 25.7 Å². The maximum absolute atomic E-state index is 10.9. The summed E-state index contributed by atoms with van der Waals surface area (Å²) in [4.78, 5) is 10.9. The number of ether oxygens (including phenoxy) is 1. The fraction of sp³-hybridized carbons (Fsp3) is 0.667. The Balaban J connectivity index is 2.03. The van der Waals surface area contributed by atoms with Gasteiger partial charge in [0, 0.05) is 0 Å². The molecule has 1 unspecified atom stereocenters. The zero-order valence-corrected chi connectivity index (χ0v) is 6.51. The van der Waals surface area contributed by atoms with Gasteiger partial charge in [-0.15, -0.1) is 0 Å². The molecule has 60 valence electrons. The van der Waals surface area contributed by atoms with Crippen molar-refractivity contribution in [2.24, 2.45) is 5.92 Å². The van der Waals surface area contributed by atoms with Gasteiger partial charge in [-0.1, -0.05) is 11.6 Å². The van der Waals surface area contributed by atoms with Crippen LogP contribution in [0.3, 0.4) is 0 Å². The Labute approximate surface area is 66.2 Å². The minimum Gasteiger partial charge on any atom is -0.464 e. The molecule has 0 radical (unpaired) electrons. The highest BCUT2D eigenvalue weighted by Gasteiger charge is 2.33. The Morgan fingerprint density at radius 2 is 2.36 bits per heavy atom.